The largest absolute Gasteiger partial charge is 0.259 e. The summed E-state index contributed by atoms with van der Waals surface area (Å²) in [4.78, 5) is 9.50. The Morgan fingerprint density at radius 2 is 2.08 bits per heavy atom. The summed E-state index contributed by atoms with van der Waals surface area (Å²) in [5, 5.41) is 9.99. The van der Waals surface area contributed by atoms with Crippen LogP contribution in [-0.4, -0.2) is 4.92 Å². The van der Waals surface area contributed by atoms with Gasteiger partial charge < -0.3 is 0 Å². The minimum absolute atomic E-state index is 0.487. The number of nitrogens with zero attached hydrogens (tertiary/aromatic N) is 1. The number of rotatable bonds is 2. The zero-order chi connectivity index (χ0) is 8.97. The first-order valence-corrected chi connectivity index (χ1v) is 4.05. The molecule has 12 heavy (non-hydrogen) atoms. The summed E-state index contributed by atoms with van der Waals surface area (Å²) in [6.45, 7) is 0. The summed E-state index contributed by atoms with van der Waals surface area (Å²) in [7, 11) is 0. The first kappa shape index (κ1) is 8.93. The smallest absolute Gasteiger partial charge is 0.235 e. The third kappa shape index (κ3) is 2.47. The zero-order valence-electron chi connectivity index (χ0n) is 6.11. The maximum atomic E-state index is 9.99. The lowest BCUT2D eigenvalue weighted by molar-refractivity contribution is -0.400. The average Bonchev–Trinajstić information content (AvgIpc) is 2.03. The predicted molar refractivity (Wildman–Crippen MR) is 50.2 cm³/mol. The Labute approximate surface area is 78.0 Å². The summed E-state index contributed by atoms with van der Waals surface area (Å²) < 4.78 is 0.850. The van der Waals surface area contributed by atoms with Crippen LogP contribution < -0.4 is 0 Å². The van der Waals surface area contributed by atoms with Crippen LogP contribution in [0, 0.1) is 10.1 Å². The highest BCUT2D eigenvalue weighted by molar-refractivity contribution is 9.10. The lowest BCUT2D eigenvalue weighted by Gasteiger charge is -1.93. The molecule has 0 saturated heterocycles. The minimum atomic E-state index is -0.487. The molecular formula is C8H6BrNO2. The third-order valence-electron chi connectivity index (χ3n) is 1.28. The monoisotopic (exact) mass is 227 g/mol. The standard InChI is InChI=1S/C8H6BrNO2/c9-8-4-2-1-3-7(8)5-6-10(11)12/h1-6H. The fourth-order valence-corrected chi connectivity index (χ4v) is 1.17. The third-order valence-corrected chi connectivity index (χ3v) is 2.00. The molecule has 0 spiro atoms. The van der Waals surface area contributed by atoms with Crippen molar-refractivity contribution in [2.24, 2.45) is 0 Å². The van der Waals surface area contributed by atoms with Crippen molar-refractivity contribution in [3.05, 3.63) is 50.6 Å². The fraction of sp³-hybridized carbons (Fsp3) is 0. The minimum Gasteiger partial charge on any atom is -0.259 e. The molecule has 0 heterocycles. The zero-order valence-corrected chi connectivity index (χ0v) is 7.69. The van der Waals surface area contributed by atoms with Crippen molar-refractivity contribution in [1.82, 2.24) is 0 Å². The Kier molecular flexibility index (Phi) is 2.99. The number of nitro groups is 1. The van der Waals surface area contributed by atoms with E-state index < -0.39 is 4.92 Å². The van der Waals surface area contributed by atoms with Gasteiger partial charge >= 0.3 is 0 Å². The molecule has 1 rings (SSSR count). The molecule has 0 radical (unpaired) electrons. The van der Waals surface area contributed by atoms with E-state index in [9.17, 15) is 10.1 Å². The van der Waals surface area contributed by atoms with Crippen molar-refractivity contribution in [3.8, 4) is 0 Å². The van der Waals surface area contributed by atoms with E-state index in [0.29, 0.717) is 0 Å². The van der Waals surface area contributed by atoms with Gasteiger partial charge in [0.05, 0.1) is 4.92 Å². The van der Waals surface area contributed by atoms with Gasteiger partial charge in [0.25, 0.3) is 0 Å². The van der Waals surface area contributed by atoms with E-state index in [1.54, 1.807) is 6.07 Å². The van der Waals surface area contributed by atoms with E-state index in [-0.39, 0.29) is 0 Å². The Balaban J connectivity index is 2.89. The molecule has 62 valence electrons. The molecule has 0 aliphatic carbocycles. The second-order valence-electron chi connectivity index (χ2n) is 2.12. The van der Waals surface area contributed by atoms with Crippen LogP contribution in [0.4, 0.5) is 0 Å². The summed E-state index contributed by atoms with van der Waals surface area (Å²) >= 11 is 3.27. The van der Waals surface area contributed by atoms with Gasteiger partial charge in [-0.2, -0.15) is 0 Å². The Morgan fingerprint density at radius 3 is 2.67 bits per heavy atom. The van der Waals surface area contributed by atoms with Gasteiger partial charge in [0.2, 0.25) is 6.20 Å². The first-order chi connectivity index (χ1) is 5.70. The lowest BCUT2D eigenvalue weighted by Crippen LogP contribution is -1.82. The molecule has 0 aliphatic rings. The molecule has 0 aliphatic heterocycles. The summed E-state index contributed by atoms with van der Waals surface area (Å²) in [6.07, 6.45) is 2.37. The lowest BCUT2D eigenvalue weighted by atomic mass is 10.2. The van der Waals surface area contributed by atoms with E-state index in [0.717, 1.165) is 16.2 Å². The van der Waals surface area contributed by atoms with Crippen LogP contribution in [0.25, 0.3) is 6.08 Å². The maximum absolute atomic E-state index is 9.99. The molecule has 4 heteroatoms. The molecule has 0 fully saturated rings. The van der Waals surface area contributed by atoms with Crippen molar-refractivity contribution in [3.63, 3.8) is 0 Å². The summed E-state index contributed by atoms with van der Waals surface area (Å²) in [6, 6.07) is 7.31. The quantitative estimate of drug-likeness (QED) is 0.576. The maximum Gasteiger partial charge on any atom is 0.235 e. The highest BCUT2D eigenvalue weighted by Crippen LogP contribution is 2.16. The fourth-order valence-electron chi connectivity index (χ4n) is 0.751. The average molecular weight is 228 g/mol. The SMILES string of the molecule is O=[N+]([O-])C=Cc1ccccc1Br. The van der Waals surface area contributed by atoms with Crippen molar-refractivity contribution < 1.29 is 4.92 Å². The van der Waals surface area contributed by atoms with Crippen LogP contribution in [0.5, 0.6) is 0 Å². The molecule has 0 N–H and O–H groups in total. The molecule has 3 nitrogen and oxygen atoms in total. The van der Waals surface area contributed by atoms with Gasteiger partial charge in [-0.15, -0.1) is 0 Å². The number of hydrogen-bond donors (Lipinski definition) is 0. The van der Waals surface area contributed by atoms with E-state index in [2.05, 4.69) is 15.9 Å². The second kappa shape index (κ2) is 4.01. The Hall–Kier alpha value is -1.16. The van der Waals surface area contributed by atoms with Crippen LogP contribution in [0.2, 0.25) is 0 Å². The van der Waals surface area contributed by atoms with Crippen LogP contribution in [0.3, 0.4) is 0 Å². The van der Waals surface area contributed by atoms with E-state index in [4.69, 9.17) is 0 Å². The Morgan fingerprint density at radius 1 is 1.42 bits per heavy atom. The van der Waals surface area contributed by atoms with Gasteiger partial charge in [0.1, 0.15) is 0 Å². The number of halogens is 1. The van der Waals surface area contributed by atoms with Crippen molar-refractivity contribution >= 4 is 22.0 Å². The van der Waals surface area contributed by atoms with Crippen molar-refractivity contribution in [2.75, 3.05) is 0 Å². The van der Waals surface area contributed by atoms with Gasteiger partial charge in [-0.3, -0.25) is 10.1 Å². The van der Waals surface area contributed by atoms with Crippen LogP contribution in [0.15, 0.2) is 34.9 Å². The van der Waals surface area contributed by atoms with Gasteiger partial charge in [-0.05, 0) is 11.6 Å². The Bertz CT molecular complexity index is 323. The van der Waals surface area contributed by atoms with E-state index in [1.807, 2.05) is 18.2 Å². The highest BCUT2D eigenvalue weighted by Gasteiger charge is 1.94. The van der Waals surface area contributed by atoms with Crippen LogP contribution >= 0.6 is 15.9 Å². The van der Waals surface area contributed by atoms with Crippen molar-refractivity contribution in [1.29, 1.82) is 0 Å². The molecule has 0 unspecified atom stereocenters. The van der Waals surface area contributed by atoms with Crippen LogP contribution in [0.1, 0.15) is 5.56 Å². The number of hydrogen-bond acceptors (Lipinski definition) is 2. The van der Waals surface area contributed by atoms with Gasteiger partial charge in [0.15, 0.2) is 0 Å². The molecule has 0 aromatic heterocycles. The van der Waals surface area contributed by atoms with Gasteiger partial charge in [0, 0.05) is 10.5 Å². The molecule has 1 aromatic carbocycles. The number of benzene rings is 1. The normalized spacial score (nSPS) is 10.4. The predicted octanol–water partition coefficient (Wildman–Crippen LogP) is 2.70. The molecule has 0 saturated carbocycles. The molecular weight excluding hydrogens is 222 g/mol. The second-order valence-corrected chi connectivity index (χ2v) is 2.98. The first-order valence-electron chi connectivity index (χ1n) is 3.26. The molecule has 1 aromatic rings. The highest BCUT2D eigenvalue weighted by atomic mass is 79.9. The summed E-state index contributed by atoms with van der Waals surface area (Å²) in [5.74, 6) is 0. The topological polar surface area (TPSA) is 43.1 Å². The van der Waals surface area contributed by atoms with Gasteiger partial charge in [-0.1, -0.05) is 34.1 Å². The van der Waals surface area contributed by atoms with E-state index >= 15 is 0 Å². The molecule has 0 amide bonds. The van der Waals surface area contributed by atoms with Crippen LogP contribution in [-0.2, 0) is 0 Å². The molecule has 0 bridgehead atoms. The van der Waals surface area contributed by atoms with Crippen molar-refractivity contribution in [2.45, 2.75) is 0 Å². The van der Waals surface area contributed by atoms with Gasteiger partial charge in [-0.25, -0.2) is 0 Å². The summed E-state index contributed by atoms with van der Waals surface area (Å²) in [5.41, 5.74) is 0.800. The molecule has 0 atom stereocenters. The van der Waals surface area contributed by atoms with E-state index in [1.165, 1.54) is 6.08 Å².